The molecule has 0 bridgehead atoms. The Morgan fingerprint density at radius 2 is 2.14 bits per heavy atom. The molecule has 3 rings (SSSR count). The lowest BCUT2D eigenvalue weighted by Gasteiger charge is -2.12. The number of carbonyl (C=O) groups is 1. The molecule has 22 heavy (non-hydrogen) atoms. The zero-order valence-corrected chi connectivity index (χ0v) is 12.0. The molecule has 1 saturated heterocycles. The van der Waals surface area contributed by atoms with Gasteiger partial charge in [-0.15, -0.1) is 0 Å². The van der Waals surface area contributed by atoms with E-state index in [2.05, 4.69) is 26.1 Å². The number of nitrogens with one attached hydrogen (secondary N) is 4. The zero-order chi connectivity index (χ0) is 15.4. The van der Waals surface area contributed by atoms with E-state index in [0.29, 0.717) is 25.2 Å². The number of rotatable bonds is 4. The number of urea groups is 1. The van der Waals surface area contributed by atoms with E-state index >= 15 is 0 Å². The average Bonchev–Trinajstić information content (AvgIpc) is 3.17. The largest absolute Gasteiger partial charge is 0.336 e. The van der Waals surface area contributed by atoms with Crippen LogP contribution < -0.4 is 16.0 Å². The number of hydrogen-bond donors (Lipinski definition) is 4. The van der Waals surface area contributed by atoms with Crippen LogP contribution in [0.5, 0.6) is 0 Å². The lowest BCUT2D eigenvalue weighted by atomic mass is 10.1. The third-order valence-electron chi connectivity index (χ3n) is 3.65. The fourth-order valence-corrected chi connectivity index (χ4v) is 2.47. The van der Waals surface area contributed by atoms with Gasteiger partial charge >= 0.3 is 6.03 Å². The summed E-state index contributed by atoms with van der Waals surface area (Å²) in [5.41, 5.74) is 2.71. The summed E-state index contributed by atoms with van der Waals surface area (Å²) in [6.07, 6.45) is 3.18. The number of H-pyrrole nitrogens is 1. The second-order valence-electron chi connectivity index (χ2n) is 5.34. The van der Waals surface area contributed by atoms with Crippen LogP contribution in [0.4, 0.5) is 14.9 Å². The Kier molecular flexibility index (Phi) is 4.34. The molecule has 116 valence electrons. The summed E-state index contributed by atoms with van der Waals surface area (Å²) in [5.74, 6) is 0. The standard InChI is InChI=1S/C15H18FN5O/c16-12-5-14(17-8-12)9-18-15(22)21-13-3-1-10(2-4-13)11-6-19-20-7-11/h1-4,6-7,12,14,17H,5,8-9H2,(H,19,20)(H2,18,21,22)/t12-,14-/m0/s1. The summed E-state index contributed by atoms with van der Waals surface area (Å²) in [6.45, 7) is 0.781. The Bertz CT molecular complexity index is 613. The summed E-state index contributed by atoms with van der Waals surface area (Å²) in [7, 11) is 0. The Morgan fingerprint density at radius 1 is 1.32 bits per heavy atom. The second kappa shape index (κ2) is 6.57. The van der Waals surface area contributed by atoms with E-state index < -0.39 is 6.17 Å². The fraction of sp³-hybridized carbons (Fsp3) is 0.333. The van der Waals surface area contributed by atoms with Gasteiger partial charge in [-0.3, -0.25) is 5.10 Å². The third-order valence-corrected chi connectivity index (χ3v) is 3.65. The Labute approximate surface area is 127 Å². The van der Waals surface area contributed by atoms with Crippen molar-refractivity contribution in [2.45, 2.75) is 18.6 Å². The van der Waals surface area contributed by atoms with E-state index in [1.54, 1.807) is 6.20 Å². The van der Waals surface area contributed by atoms with E-state index in [4.69, 9.17) is 0 Å². The van der Waals surface area contributed by atoms with Crippen LogP contribution in [-0.2, 0) is 0 Å². The van der Waals surface area contributed by atoms with Gasteiger partial charge in [0.25, 0.3) is 0 Å². The van der Waals surface area contributed by atoms with E-state index in [1.807, 2.05) is 30.5 Å². The van der Waals surface area contributed by atoms with Crippen LogP contribution in [0, 0.1) is 0 Å². The molecule has 0 radical (unpaired) electrons. The number of hydrogen-bond acceptors (Lipinski definition) is 3. The molecule has 0 aliphatic carbocycles. The van der Waals surface area contributed by atoms with Crippen LogP contribution in [-0.4, -0.2) is 41.5 Å². The summed E-state index contributed by atoms with van der Waals surface area (Å²) in [5, 5.41) is 15.2. The van der Waals surface area contributed by atoms with Gasteiger partial charge in [-0.05, 0) is 24.1 Å². The van der Waals surface area contributed by atoms with Crippen molar-refractivity contribution in [3.8, 4) is 11.1 Å². The number of benzene rings is 1. The second-order valence-corrected chi connectivity index (χ2v) is 5.34. The molecule has 1 fully saturated rings. The molecule has 1 aliphatic rings. The molecule has 0 unspecified atom stereocenters. The number of amides is 2. The Hall–Kier alpha value is -2.41. The average molecular weight is 303 g/mol. The molecule has 2 amide bonds. The number of halogens is 1. The fourth-order valence-electron chi connectivity index (χ4n) is 2.47. The monoisotopic (exact) mass is 303 g/mol. The highest BCUT2D eigenvalue weighted by molar-refractivity contribution is 5.89. The predicted octanol–water partition coefficient (Wildman–Crippen LogP) is 1.90. The van der Waals surface area contributed by atoms with Crippen molar-refractivity contribution >= 4 is 11.7 Å². The SMILES string of the molecule is O=C(NC[C@@H]1C[C@H](F)CN1)Nc1ccc(-c2cn[nH]c2)cc1. The Balaban J connectivity index is 1.49. The molecule has 2 heterocycles. The number of nitrogens with zero attached hydrogens (tertiary/aromatic N) is 1. The molecule has 2 aromatic rings. The van der Waals surface area contributed by atoms with Gasteiger partial charge in [-0.2, -0.15) is 5.10 Å². The molecule has 0 spiro atoms. The summed E-state index contributed by atoms with van der Waals surface area (Å²) in [4.78, 5) is 11.8. The van der Waals surface area contributed by atoms with Crippen molar-refractivity contribution in [3.05, 3.63) is 36.7 Å². The van der Waals surface area contributed by atoms with Crippen molar-refractivity contribution in [3.63, 3.8) is 0 Å². The van der Waals surface area contributed by atoms with Crippen LogP contribution in [0.25, 0.3) is 11.1 Å². The quantitative estimate of drug-likeness (QED) is 0.696. The summed E-state index contributed by atoms with van der Waals surface area (Å²) in [6, 6.07) is 7.18. The first-order valence-electron chi connectivity index (χ1n) is 7.22. The maximum Gasteiger partial charge on any atom is 0.319 e. The number of anilines is 1. The highest BCUT2D eigenvalue weighted by atomic mass is 19.1. The maximum atomic E-state index is 13.0. The van der Waals surface area contributed by atoms with Crippen LogP contribution >= 0.6 is 0 Å². The predicted molar refractivity (Wildman–Crippen MR) is 82.3 cm³/mol. The van der Waals surface area contributed by atoms with Crippen molar-refractivity contribution in [2.24, 2.45) is 0 Å². The number of alkyl halides is 1. The van der Waals surface area contributed by atoms with Crippen LogP contribution in [0.3, 0.4) is 0 Å². The van der Waals surface area contributed by atoms with Crippen molar-refractivity contribution in [1.29, 1.82) is 0 Å². The molecule has 4 N–H and O–H groups in total. The Morgan fingerprint density at radius 3 is 2.77 bits per heavy atom. The normalized spacial score (nSPS) is 20.8. The van der Waals surface area contributed by atoms with Gasteiger partial charge in [0.15, 0.2) is 0 Å². The molecule has 7 heteroatoms. The molecule has 6 nitrogen and oxygen atoms in total. The van der Waals surface area contributed by atoms with Gasteiger partial charge in [0.1, 0.15) is 6.17 Å². The van der Waals surface area contributed by atoms with Crippen LogP contribution in [0.15, 0.2) is 36.7 Å². The minimum absolute atomic E-state index is 0.00390. The van der Waals surface area contributed by atoms with Crippen LogP contribution in [0.2, 0.25) is 0 Å². The lowest BCUT2D eigenvalue weighted by Crippen LogP contribution is -2.39. The van der Waals surface area contributed by atoms with E-state index in [1.165, 1.54) is 0 Å². The number of aromatic nitrogens is 2. The maximum absolute atomic E-state index is 13.0. The summed E-state index contributed by atoms with van der Waals surface area (Å²) >= 11 is 0. The van der Waals surface area contributed by atoms with Crippen molar-refractivity contribution in [1.82, 2.24) is 20.8 Å². The van der Waals surface area contributed by atoms with Gasteiger partial charge < -0.3 is 16.0 Å². The first-order chi connectivity index (χ1) is 10.7. The van der Waals surface area contributed by atoms with E-state index in [0.717, 1.165) is 11.1 Å². The van der Waals surface area contributed by atoms with Gasteiger partial charge in [-0.25, -0.2) is 9.18 Å². The minimum atomic E-state index is -0.815. The molecule has 1 aromatic carbocycles. The number of carbonyl (C=O) groups excluding carboxylic acids is 1. The van der Waals surface area contributed by atoms with Gasteiger partial charge in [0.2, 0.25) is 0 Å². The third kappa shape index (κ3) is 3.62. The number of aromatic amines is 1. The molecule has 2 atom stereocenters. The highest BCUT2D eigenvalue weighted by Crippen LogP contribution is 2.19. The van der Waals surface area contributed by atoms with E-state index in [-0.39, 0.29) is 12.1 Å². The molecule has 1 aromatic heterocycles. The van der Waals surface area contributed by atoms with E-state index in [9.17, 15) is 9.18 Å². The zero-order valence-electron chi connectivity index (χ0n) is 12.0. The first-order valence-corrected chi connectivity index (χ1v) is 7.22. The van der Waals surface area contributed by atoms with Gasteiger partial charge in [-0.1, -0.05) is 12.1 Å². The lowest BCUT2D eigenvalue weighted by molar-refractivity contribution is 0.251. The topological polar surface area (TPSA) is 81.8 Å². The van der Waals surface area contributed by atoms with Crippen molar-refractivity contribution < 1.29 is 9.18 Å². The summed E-state index contributed by atoms with van der Waals surface area (Å²) < 4.78 is 13.0. The van der Waals surface area contributed by atoms with Crippen molar-refractivity contribution in [2.75, 3.05) is 18.4 Å². The van der Waals surface area contributed by atoms with Gasteiger partial charge in [0, 0.05) is 36.6 Å². The highest BCUT2D eigenvalue weighted by Gasteiger charge is 2.23. The first kappa shape index (κ1) is 14.5. The minimum Gasteiger partial charge on any atom is -0.336 e. The molecule has 0 saturated carbocycles. The molecule has 1 aliphatic heterocycles. The molecular weight excluding hydrogens is 285 g/mol. The molecular formula is C15H18FN5O. The smallest absolute Gasteiger partial charge is 0.319 e. The van der Waals surface area contributed by atoms with Gasteiger partial charge in [0.05, 0.1) is 6.20 Å². The van der Waals surface area contributed by atoms with Crippen LogP contribution in [0.1, 0.15) is 6.42 Å².